The lowest BCUT2D eigenvalue weighted by molar-refractivity contribution is -0.214. The zero-order valence-corrected chi connectivity index (χ0v) is 24.4. The molecular formula is C31H40O10. The van der Waals surface area contributed by atoms with E-state index >= 15 is 0 Å². The Balaban J connectivity index is 1.98. The molecule has 0 amide bonds. The van der Waals surface area contributed by atoms with Crippen LogP contribution < -0.4 is 9.47 Å². The first-order chi connectivity index (χ1) is 19.3. The van der Waals surface area contributed by atoms with Gasteiger partial charge in [-0.3, -0.25) is 0 Å². The summed E-state index contributed by atoms with van der Waals surface area (Å²) in [6.45, 7) is 17.4. The minimum absolute atomic E-state index is 0.344. The van der Waals surface area contributed by atoms with Gasteiger partial charge in [-0.05, 0) is 62.4 Å². The van der Waals surface area contributed by atoms with Gasteiger partial charge in [0.1, 0.15) is 11.5 Å². The molecule has 0 aromatic heterocycles. The molecule has 0 radical (unpaired) electrons. The van der Waals surface area contributed by atoms with E-state index in [0.29, 0.717) is 24.3 Å². The van der Waals surface area contributed by atoms with E-state index < -0.39 is 48.6 Å². The van der Waals surface area contributed by atoms with Crippen LogP contribution in [0.5, 0.6) is 11.5 Å². The van der Waals surface area contributed by atoms with Crippen molar-refractivity contribution in [3.63, 3.8) is 0 Å². The van der Waals surface area contributed by atoms with Gasteiger partial charge in [0.15, 0.2) is 11.5 Å². The SMILES string of the molecule is C=C(O)C(=O)OC(CC)OC(C)Oc1ccc(C(C)(C)c2ccc(OC(C)OC(CC)OC(=O)C(=C)O)cc2)cc1. The molecule has 2 N–H and O–H groups in total. The molecule has 2 rings (SSSR count). The van der Waals surface area contributed by atoms with Crippen molar-refractivity contribution in [2.75, 3.05) is 0 Å². The van der Waals surface area contributed by atoms with E-state index in [1.165, 1.54) is 0 Å². The number of rotatable bonds is 16. The van der Waals surface area contributed by atoms with Gasteiger partial charge < -0.3 is 38.6 Å². The van der Waals surface area contributed by atoms with Crippen LogP contribution in [0.15, 0.2) is 73.2 Å². The highest BCUT2D eigenvalue weighted by Gasteiger charge is 2.24. The molecular weight excluding hydrogens is 532 g/mol. The normalized spacial score (nSPS) is 14.2. The molecule has 2 aromatic carbocycles. The van der Waals surface area contributed by atoms with Crippen molar-refractivity contribution in [2.45, 2.75) is 85.0 Å². The van der Waals surface area contributed by atoms with Gasteiger partial charge >= 0.3 is 11.9 Å². The third-order valence-corrected chi connectivity index (χ3v) is 6.06. The van der Waals surface area contributed by atoms with E-state index in [1.807, 2.05) is 48.5 Å². The van der Waals surface area contributed by atoms with Gasteiger partial charge in [0.25, 0.3) is 0 Å². The van der Waals surface area contributed by atoms with Crippen molar-refractivity contribution in [1.29, 1.82) is 0 Å². The second kappa shape index (κ2) is 15.1. The Hall–Kier alpha value is -4.02. The largest absolute Gasteiger partial charge is 0.502 e. The minimum Gasteiger partial charge on any atom is -0.502 e. The Morgan fingerprint density at radius 1 is 0.707 bits per heavy atom. The maximum atomic E-state index is 11.5. The topological polar surface area (TPSA) is 130 Å². The van der Waals surface area contributed by atoms with E-state index in [4.69, 9.17) is 38.6 Å². The summed E-state index contributed by atoms with van der Waals surface area (Å²) >= 11 is 0. The first-order valence-electron chi connectivity index (χ1n) is 13.3. The number of carbonyl (C=O) groups is 2. The number of aliphatic hydroxyl groups is 2. The maximum Gasteiger partial charge on any atom is 0.375 e. The zero-order valence-electron chi connectivity index (χ0n) is 24.4. The summed E-state index contributed by atoms with van der Waals surface area (Å²) in [7, 11) is 0. The van der Waals surface area contributed by atoms with E-state index in [1.54, 1.807) is 27.7 Å². The Morgan fingerprint density at radius 3 is 1.29 bits per heavy atom. The lowest BCUT2D eigenvalue weighted by Crippen LogP contribution is -2.28. The van der Waals surface area contributed by atoms with E-state index in [9.17, 15) is 9.59 Å². The number of hydrogen-bond acceptors (Lipinski definition) is 10. The van der Waals surface area contributed by atoms with Gasteiger partial charge in [-0.1, -0.05) is 52.0 Å². The number of carbonyl (C=O) groups excluding carboxylic acids is 2. The van der Waals surface area contributed by atoms with Gasteiger partial charge in [0.05, 0.1) is 0 Å². The predicted molar refractivity (Wildman–Crippen MR) is 151 cm³/mol. The van der Waals surface area contributed by atoms with Gasteiger partial charge in [0.2, 0.25) is 25.2 Å². The fourth-order valence-electron chi connectivity index (χ4n) is 3.72. The fourth-order valence-corrected chi connectivity index (χ4v) is 3.72. The van der Waals surface area contributed by atoms with Crippen molar-refractivity contribution < 1.29 is 48.2 Å². The average molecular weight is 573 g/mol. The number of benzene rings is 2. The molecule has 10 nitrogen and oxygen atoms in total. The maximum absolute atomic E-state index is 11.5. The lowest BCUT2D eigenvalue weighted by atomic mass is 9.78. The Kier molecular flexibility index (Phi) is 12.2. The Labute approximate surface area is 241 Å². The molecule has 0 spiro atoms. The van der Waals surface area contributed by atoms with Crippen LogP contribution in [-0.4, -0.2) is 47.3 Å². The minimum atomic E-state index is -0.948. The molecule has 4 atom stereocenters. The first kappa shape index (κ1) is 33.2. The van der Waals surface area contributed by atoms with Crippen molar-refractivity contribution in [3.05, 3.63) is 84.3 Å². The van der Waals surface area contributed by atoms with Crippen LogP contribution in [0.3, 0.4) is 0 Å². The van der Waals surface area contributed by atoms with Crippen molar-refractivity contribution in [1.82, 2.24) is 0 Å². The predicted octanol–water partition coefficient (Wildman–Crippen LogP) is 6.20. The molecule has 0 bridgehead atoms. The zero-order chi connectivity index (χ0) is 30.7. The number of aliphatic hydroxyl groups excluding tert-OH is 2. The molecule has 10 heteroatoms. The number of esters is 2. The van der Waals surface area contributed by atoms with Gasteiger partial charge in [0, 0.05) is 18.3 Å². The van der Waals surface area contributed by atoms with E-state index in [2.05, 4.69) is 27.0 Å². The van der Waals surface area contributed by atoms with Crippen LogP contribution >= 0.6 is 0 Å². The van der Waals surface area contributed by atoms with Crippen molar-refractivity contribution >= 4 is 11.9 Å². The van der Waals surface area contributed by atoms with Crippen LogP contribution in [0.25, 0.3) is 0 Å². The molecule has 0 saturated carbocycles. The quantitative estimate of drug-likeness (QED) is 0.104. The van der Waals surface area contributed by atoms with Gasteiger partial charge in [-0.25, -0.2) is 9.59 Å². The summed E-state index contributed by atoms with van der Waals surface area (Å²) in [4.78, 5) is 23.1. The third-order valence-electron chi connectivity index (χ3n) is 6.06. The highest BCUT2D eigenvalue weighted by Crippen LogP contribution is 2.33. The van der Waals surface area contributed by atoms with Crippen molar-refractivity contribution in [2.24, 2.45) is 0 Å². The lowest BCUT2D eigenvalue weighted by Gasteiger charge is -2.27. The molecule has 4 unspecified atom stereocenters. The smallest absolute Gasteiger partial charge is 0.375 e. The van der Waals surface area contributed by atoms with E-state index in [-0.39, 0.29) is 5.41 Å². The first-order valence-corrected chi connectivity index (χ1v) is 13.3. The van der Waals surface area contributed by atoms with E-state index in [0.717, 1.165) is 11.1 Å². The highest BCUT2D eigenvalue weighted by molar-refractivity contribution is 5.85. The summed E-state index contributed by atoms with van der Waals surface area (Å²) in [5.74, 6) is -2.14. The van der Waals surface area contributed by atoms with Crippen LogP contribution in [-0.2, 0) is 34.0 Å². The summed E-state index contributed by atoms with van der Waals surface area (Å²) < 4.78 is 32.9. The summed E-state index contributed by atoms with van der Waals surface area (Å²) in [5, 5.41) is 18.3. The average Bonchev–Trinajstić information content (AvgIpc) is 2.92. The molecule has 2 aromatic rings. The van der Waals surface area contributed by atoms with Crippen LogP contribution in [0, 0.1) is 0 Å². The number of hydrogen-bond donors (Lipinski definition) is 2. The monoisotopic (exact) mass is 572 g/mol. The Bertz CT molecular complexity index is 1080. The summed E-state index contributed by atoms with van der Waals surface area (Å²) in [5.41, 5.74) is 1.75. The number of ether oxygens (including phenoxy) is 6. The second-order valence-corrected chi connectivity index (χ2v) is 9.70. The molecule has 224 valence electrons. The summed E-state index contributed by atoms with van der Waals surface area (Å²) in [6, 6.07) is 15.2. The van der Waals surface area contributed by atoms with Gasteiger partial charge in [-0.15, -0.1) is 0 Å². The molecule has 41 heavy (non-hydrogen) atoms. The standard InChI is InChI=1S/C31H40O10/c1-9-27(40-29(34)19(3)32)38-21(5)36-25-15-11-23(12-16-25)31(7,8)24-13-17-26(18-14-24)37-22(6)39-28(10-2)41-30(35)20(4)33/h11-18,21-22,27-28,32-33H,3-4,9-10H2,1-2,5-8H3. The molecule has 0 aliphatic heterocycles. The molecule has 0 saturated heterocycles. The molecule has 0 aliphatic carbocycles. The van der Waals surface area contributed by atoms with Gasteiger partial charge in [-0.2, -0.15) is 0 Å². The Morgan fingerprint density at radius 2 is 1.02 bits per heavy atom. The van der Waals surface area contributed by atoms with Crippen molar-refractivity contribution in [3.8, 4) is 11.5 Å². The van der Waals surface area contributed by atoms with Crippen LogP contribution in [0.2, 0.25) is 0 Å². The van der Waals surface area contributed by atoms with Crippen LogP contribution in [0.4, 0.5) is 0 Å². The highest BCUT2D eigenvalue weighted by atomic mass is 16.8. The summed E-state index contributed by atoms with van der Waals surface area (Å²) in [6.07, 6.45) is -2.48. The second-order valence-electron chi connectivity index (χ2n) is 9.70. The molecule has 0 aliphatic rings. The fraction of sp³-hybridized carbons (Fsp3) is 0.419. The van der Waals surface area contributed by atoms with Crippen LogP contribution in [0.1, 0.15) is 65.5 Å². The molecule has 0 heterocycles. The molecule has 0 fully saturated rings. The third kappa shape index (κ3) is 10.1.